The molecule has 9 heavy (non-hydrogen) atoms. The van der Waals surface area contributed by atoms with Gasteiger partial charge in [-0.3, -0.25) is 0 Å². The summed E-state index contributed by atoms with van der Waals surface area (Å²) in [6.45, 7) is 0. The monoisotopic (exact) mass is 156 g/mol. The van der Waals surface area contributed by atoms with E-state index >= 15 is 0 Å². The first-order valence-electron chi connectivity index (χ1n) is 2.50. The van der Waals surface area contributed by atoms with Crippen molar-refractivity contribution in [2.75, 3.05) is 11.5 Å². The molecule has 1 aliphatic rings. The lowest BCUT2D eigenvalue weighted by molar-refractivity contribution is 0.217. The van der Waals surface area contributed by atoms with Crippen LogP contribution in [0.1, 0.15) is 0 Å². The minimum Gasteiger partial charge on any atom is -0.243 e. The van der Waals surface area contributed by atoms with Gasteiger partial charge in [-0.15, -0.1) is 0 Å². The van der Waals surface area contributed by atoms with Crippen molar-refractivity contribution in [2.45, 2.75) is 12.3 Å². The first-order valence-corrected chi connectivity index (χ1v) is 4.32. The zero-order chi connectivity index (χ0) is 7.07. The van der Waals surface area contributed by atoms with Crippen LogP contribution in [-0.4, -0.2) is 32.3 Å². The van der Waals surface area contributed by atoms with Gasteiger partial charge < -0.3 is 0 Å². The highest BCUT2D eigenvalue weighted by atomic mass is 32.2. The quantitative estimate of drug-likeness (QED) is 0.498. The van der Waals surface area contributed by atoms with Crippen molar-refractivity contribution in [1.29, 1.82) is 0 Å². The van der Waals surface area contributed by atoms with E-state index in [1.54, 1.807) is 0 Å². The Hall–Kier alpha value is -0.190. The lowest BCUT2D eigenvalue weighted by atomic mass is 10.3. The van der Waals surface area contributed by atoms with Crippen LogP contribution in [0.5, 0.6) is 0 Å². The molecule has 5 heteroatoms. The third-order valence-corrected chi connectivity index (χ3v) is 2.87. The predicted octanol–water partition coefficient (Wildman–Crippen LogP) is 0.0910. The summed E-state index contributed by atoms with van der Waals surface area (Å²) in [6, 6.07) is 0. The SMILES string of the molecule is O=S1(=O)C[C@@H](F)[C@@H](F)C1. The topological polar surface area (TPSA) is 34.1 Å². The summed E-state index contributed by atoms with van der Waals surface area (Å²) < 4.78 is 44.9. The smallest absolute Gasteiger partial charge is 0.156 e. The third-order valence-electron chi connectivity index (χ3n) is 1.22. The van der Waals surface area contributed by atoms with Gasteiger partial charge in [-0.1, -0.05) is 0 Å². The molecule has 1 fully saturated rings. The fourth-order valence-electron chi connectivity index (χ4n) is 0.762. The Labute approximate surface area is 51.8 Å². The maximum absolute atomic E-state index is 12.1. The summed E-state index contributed by atoms with van der Waals surface area (Å²) in [4.78, 5) is 0. The predicted molar refractivity (Wildman–Crippen MR) is 28.4 cm³/mol. The van der Waals surface area contributed by atoms with Gasteiger partial charge in [0.1, 0.15) is 12.3 Å². The molecule has 1 heterocycles. The fourth-order valence-corrected chi connectivity index (χ4v) is 2.29. The average molecular weight is 156 g/mol. The van der Waals surface area contributed by atoms with Gasteiger partial charge in [0.25, 0.3) is 0 Å². The molecule has 0 amide bonds. The van der Waals surface area contributed by atoms with Gasteiger partial charge in [-0.05, 0) is 0 Å². The first kappa shape index (κ1) is 6.92. The minimum atomic E-state index is -3.39. The molecule has 0 aromatic rings. The largest absolute Gasteiger partial charge is 0.243 e. The van der Waals surface area contributed by atoms with E-state index in [1.807, 2.05) is 0 Å². The summed E-state index contributed by atoms with van der Waals surface area (Å²) in [5.74, 6) is -1.29. The Morgan fingerprint density at radius 3 is 1.56 bits per heavy atom. The minimum absolute atomic E-state index is 0.645. The maximum atomic E-state index is 12.1. The molecule has 0 N–H and O–H groups in total. The molecule has 0 radical (unpaired) electrons. The summed E-state index contributed by atoms with van der Waals surface area (Å²) >= 11 is 0. The van der Waals surface area contributed by atoms with E-state index < -0.39 is 33.7 Å². The van der Waals surface area contributed by atoms with Crippen molar-refractivity contribution in [1.82, 2.24) is 0 Å². The van der Waals surface area contributed by atoms with Crippen LogP contribution in [0.15, 0.2) is 0 Å². The fraction of sp³-hybridized carbons (Fsp3) is 1.00. The Morgan fingerprint density at radius 2 is 1.44 bits per heavy atom. The van der Waals surface area contributed by atoms with Crippen LogP contribution >= 0.6 is 0 Å². The van der Waals surface area contributed by atoms with E-state index in [0.717, 1.165) is 0 Å². The normalized spacial score (nSPS) is 41.1. The summed E-state index contributed by atoms with van der Waals surface area (Å²) in [7, 11) is -3.39. The van der Waals surface area contributed by atoms with E-state index in [9.17, 15) is 17.2 Å². The van der Waals surface area contributed by atoms with Crippen LogP contribution < -0.4 is 0 Å². The molecule has 0 aromatic carbocycles. The highest BCUT2D eigenvalue weighted by Crippen LogP contribution is 2.17. The Balaban J connectivity index is 2.77. The van der Waals surface area contributed by atoms with Crippen LogP contribution in [0.25, 0.3) is 0 Å². The Morgan fingerprint density at radius 1 is 1.11 bits per heavy atom. The zero-order valence-corrected chi connectivity index (χ0v) is 5.37. The summed E-state index contributed by atoms with van der Waals surface area (Å²) in [6.07, 6.45) is -3.59. The van der Waals surface area contributed by atoms with Crippen LogP contribution in [0, 0.1) is 0 Å². The molecular formula is C4H6F2O2S. The van der Waals surface area contributed by atoms with Gasteiger partial charge >= 0.3 is 0 Å². The van der Waals surface area contributed by atoms with Gasteiger partial charge in [0.2, 0.25) is 0 Å². The van der Waals surface area contributed by atoms with Gasteiger partial charge in [-0.2, -0.15) is 0 Å². The highest BCUT2D eigenvalue weighted by molar-refractivity contribution is 7.91. The molecule has 54 valence electrons. The molecule has 2 nitrogen and oxygen atoms in total. The zero-order valence-electron chi connectivity index (χ0n) is 4.55. The van der Waals surface area contributed by atoms with Crippen molar-refractivity contribution < 1.29 is 17.2 Å². The highest BCUT2D eigenvalue weighted by Gasteiger charge is 2.37. The molecule has 1 rings (SSSR count). The number of hydrogen-bond donors (Lipinski definition) is 0. The van der Waals surface area contributed by atoms with Gasteiger partial charge in [-0.25, -0.2) is 17.2 Å². The molecule has 1 aliphatic heterocycles. The standard InChI is InChI=1S/C4H6F2O2S/c5-3-1-9(7,8)2-4(3)6/h3-4H,1-2H2/t3-,4+. The van der Waals surface area contributed by atoms with E-state index in [2.05, 4.69) is 0 Å². The lowest BCUT2D eigenvalue weighted by Crippen LogP contribution is -2.12. The molecule has 2 atom stereocenters. The molecule has 0 bridgehead atoms. The molecular weight excluding hydrogens is 150 g/mol. The number of hydrogen-bond acceptors (Lipinski definition) is 2. The second kappa shape index (κ2) is 1.90. The summed E-state index contributed by atoms with van der Waals surface area (Å²) in [5.41, 5.74) is 0. The van der Waals surface area contributed by atoms with Crippen molar-refractivity contribution in [3.05, 3.63) is 0 Å². The number of alkyl halides is 2. The molecule has 0 aromatic heterocycles. The molecule has 0 aliphatic carbocycles. The van der Waals surface area contributed by atoms with E-state index in [4.69, 9.17) is 0 Å². The summed E-state index contributed by atoms with van der Waals surface area (Å²) in [5, 5.41) is 0. The van der Waals surface area contributed by atoms with E-state index in [0.29, 0.717) is 0 Å². The Kier molecular flexibility index (Phi) is 1.46. The van der Waals surface area contributed by atoms with Gasteiger partial charge in [0, 0.05) is 0 Å². The van der Waals surface area contributed by atoms with Crippen LogP contribution in [0.4, 0.5) is 8.78 Å². The second-order valence-corrected chi connectivity index (χ2v) is 4.26. The molecule has 0 unspecified atom stereocenters. The van der Waals surface area contributed by atoms with E-state index in [1.165, 1.54) is 0 Å². The van der Waals surface area contributed by atoms with Gasteiger partial charge in [0.15, 0.2) is 9.84 Å². The second-order valence-electron chi connectivity index (χ2n) is 2.11. The van der Waals surface area contributed by atoms with Crippen LogP contribution in [0.2, 0.25) is 0 Å². The van der Waals surface area contributed by atoms with Gasteiger partial charge in [0.05, 0.1) is 11.5 Å². The maximum Gasteiger partial charge on any atom is 0.156 e. The van der Waals surface area contributed by atoms with Crippen molar-refractivity contribution in [2.24, 2.45) is 0 Å². The van der Waals surface area contributed by atoms with Crippen molar-refractivity contribution >= 4 is 9.84 Å². The van der Waals surface area contributed by atoms with Crippen molar-refractivity contribution in [3.63, 3.8) is 0 Å². The Bertz CT molecular complexity index is 183. The third kappa shape index (κ3) is 1.38. The molecule has 1 saturated heterocycles. The van der Waals surface area contributed by atoms with Crippen LogP contribution in [0.3, 0.4) is 0 Å². The van der Waals surface area contributed by atoms with E-state index in [-0.39, 0.29) is 0 Å². The molecule has 0 spiro atoms. The first-order chi connectivity index (χ1) is 4.01. The lowest BCUT2D eigenvalue weighted by Gasteiger charge is -1.94. The number of rotatable bonds is 0. The van der Waals surface area contributed by atoms with Crippen LogP contribution in [-0.2, 0) is 9.84 Å². The van der Waals surface area contributed by atoms with Crippen molar-refractivity contribution in [3.8, 4) is 0 Å². The molecule has 0 saturated carbocycles. The number of sulfone groups is 1. The average Bonchev–Trinajstić information content (AvgIpc) is 1.79. The number of halogens is 2.